The monoisotopic (exact) mass is 255 g/mol. The second-order valence-corrected chi connectivity index (χ2v) is 3.37. The van der Waals surface area contributed by atoms with Gasteiger partial charge in [-0.1, -0.05) is 6.07 Å². The van der Waals surface area contributed by atoms with Gasteiger partial charge >= 0.3 is 5.97 Å². The molecule has 1 aromatic heterocycles. The summed E-state index contributed by atoms with van der Waals surface area (Å²) in [5.74, 6) is -3.95. The standard InChI is InChI=1S/C10H10FN3O4/c11-7-3-1-2-6(13-7)10(18)14(4-8(12)15)5-9(16)17/h1-3H,4-5H2,(H2,12,15)(H,16,17). The zero-order valence-corrected chi connectivity index (χ0v) is 9.17. The number of carbonyl (C=O) groups excluding carboxylic acids is 2. The smallest absolute Gasteiger partial charge is 0.323 e. The molecule has 0 radical (unpaired) electrons. The van der Waals surface area contributed by atoms with Crippen LogP contribution in [0.3, 0.4) is 0 Å². The first-order valence-electron chi connectivity index (χ1n) is 4.82. The first kappa shape index (κ1) is 13.6. The molecular formula is C10H10FN3O4. The molecule has 1 aromatic rings. The number of carboxylic acid groups (broad SMARTS) is 1. The van der Waals surface area contributed by atoms with E-state index < -0.39 is 36.8 Å². The maximum absolute atomic E-state index is 12.8. The molecule has 1 heterocycles. The summed E-state index contributed by atoms with van der Waals surface area (Å²) in [6.45, 7) is -1.30. The maximum Gasteiger partial charge on any atom is 0.323 e. The second-order valence-electron chi connectivity index (χ2n) is 3.37. The molecular weight excluding hydrogens is 245 g/mol. The minimum Gasteiger partial charge on any atom is -0.480 e. The van der Waals surface area contributed by atoms with E-state index in [1.807, 2.05) is 0 Å². The number of amides is 2. The highest BCUT2D eigenvalue weighted by molar-refractivity contribution is 5.96. The van der Waals surface area contributed by atoms with Gasteiger partial charge in [-0.25, -0.2) is 4.98 Å². The van der Waals surface area contributed by atoms with Gasteiger partial charge in [0.2, 0.25) is 11.9 Å². The molecule has 8 heteroatoms. The van der Waals surface area contributed by atoms with Gasteiger partial charge in [-0.05, 0) is 12.1 Å². The molecule has 96 valence electrons. The van der Waals surface area contributed by atoms with Crippen LogP contribution in [-0.2, 0) is 9.59 Å². The normalized spacial score (nSPS) is 9.83. The zero-order valence-electron chi connectivity index (χ0n) is 9.17. The van der Waals surface area contributed by atoms with E-state index in [9.17, 15) is 18.8 Å². The molecule has 0 spiro atoms. The number of carboxylic acids is 1. The Morgan fingerprint density at radius 1 is 1.33 bits per heavy atom. The summed E-state index contributed by atoms with van der Waals surface area (Å²) in [6, 6.07) is 3.49. The van der Waals surface area contributed by atoms with Gasteiger partial charge in [-0.3, -0.25) is 14.4 Å². The summed E-state index contributed by atoms with van der Waals surface area (Å²) in [5, 5.41) is 8.61. The third-order valence-electron chi connectivity index (χ3n) is 1.89. The predicted octanol–water partition coefficient (Wildman–Crippen LogP) is -0.767. The quantitative estimate of drug-likeness (QED) is 0.671. The molecule has 0 saturated carbocycles. The molecule has 0 unspecified atom stereocenters. The van der Waals surface area contributed by atoms with Gasteiger partial charge in [0.15, 0.2) is 0 Å². The van der Waals surface area contributed by atoms with Crippen molar-refractivity contribution in [3.8, 4) is 0 Å². The number of rotatable bonds is 5. The first-order valence-corrected chi connectivity index (χ1v) is 4.82. The van der Waals surface area contributed by atoms with Crippen LogP contribution in [-0.4, -0.2) is 45.9 Å². The molecule has 0 aliphatic rings. The van der Waals surface area contributed by atoms with Gasteiger partial charge in [-0.2, -0.15) is 4.39 Å². The first-order chi connectivity index (χ1) is 8.40. The third kappa shape index (κ3) is 3.81. The molecule has 2 amide bonds. The van der Waals surface area contributed by atoms with Gasteiger partial charge in [-0.15, -0.1) is 0 Å². The molecule has 0 fully saturated rings. The van der Waals surface area contributed by atoms with Crippen LogP contribution in [0.2, 0.25) is 0 Å². The van der Waals surface area contributed by atoms with Crippen LogP contribution in [0.1, 0.15) is 10.5 Å². The number of pyridine rings is 1. The number of aliphatic carboxylic acids is 1. The summed E-state index contributed by atoms with van der Waals surface area (Å²) in [5.41, 5.74) is 4.60. The van der Waals surface area contributed by atoms with Crippen molar-refractivity contribution in [2.24, 2.45) is 5.73 Å². The fourth-order valence-corrected chi connectivity index (χ4v) is 1.24. The van der Waals surface area contributed by atoms with E-state index in [-0.39, 0.29) is 5.69 Å². The van der Waals surface area contributed by atoms with Crippen LogP contribution in [0.25, 0.3) is 0 Å². The number of hydrogen-bond donors (Lipinski definition) is 2. The summed E-state index contributed by atoms with van der Waals surface area (Å²) in [6.07, 6.45) is 0. The van der Waals surface area contributed by atoms with E-state index in [4.69, 9.17) is 10.8 Å². The van der Waals surface area contributed by atoms with Crippen LogP contribution in [0.4, 0.5) is 4.39 Å². The van der Waals surface area contributed by atoms with Gasteiger partial charge < -0.3 is 15.7 Å². The molecule has 0 aliphatic carbocycles. The van der Waals surface area contributed by atoms with Crippen molar-refractivity contribution in [1.82, 2.24) is 9.88 Å². The Balaban J connectivity index is 2.94. The SMILES string of the molecule is NC(=O)CN(CC(=O)O)C(=O)c1cccc(F)n1. The summed E-state index contributed by atoms with van der Waals surface area (Å²) in [4.78, 5) is 37.1. The van der Waals surface area contributed by atoms with E-state index >= 15 is 0 Å². The molecule has 3 N–H and O–H groups in total. The number of primary amides is 1. The fourth-order valence-electron chi connectivity index (χ4n) is 1.24. The van der Waals surface area contributed by atoms with Crippen LogP contribution >= 0.6 is 0 Å². The van der Waals surface area contributed by atoms with Crippen LogP contribution < -0.4 is 5.73 Å². The van der Waals surface area contributed by atoms with Gasteiger partial charge in [0.25, 0.3) is 5.91 Å². The third-order valence-corrected chi connectivity index (χ3v) is 1.89. The zero-order chi connectivity index (χ0) is 13.7. The minimum atomic E-state index is -1.32. The Morgan fingerprint density at radius 2 is 2.00 bits per heavy atom. The lowest BCUT2D eigenvalue weighted by molar-refractivity contribution is -0.138. The van der Waals surface area contributed by atoms with Crippen LogP contribution in [0.15, 0.2) is 18.2 Å². The Labute approximate surface area is 101 Å². The lowest BCUT2D eigenvalue weighted by Crippen LogP contribution is -2.41. The Kier molecular flexibility index (Phi) is 4.30. The average Bonchev–Trinajstić information content (AvgIpc) is 2.26. The molecule has 0 atom stereocenters. The van der Waals surface area contributed by atoms with E-state index in [1.165, 1.54) is 12.1 Å². The number of carbonyl (C=O) groups is 3. The van der Waals surface area contributed by atoms with Crippen molar-refractivity contribution in [2.45, 2.75) is 0 Å². The Morgan fingerprint density at radius 3 is 2.50 bits per heavy atom. The fraction of sp³-hybridized carbons (Fsp3) is 0.200. The molecule has 1 rings (SSSR count). The average molecular weight is 255 g/mol. The van der Waals surface area contributed by atoms with Crippen molar-refractivity contribution in [3.63, 3.8) is 0 Å². The highest BCUT2D eigenvalue weighted by atomic mass is 19.1. The molecule has 0 bridgehead atoms. The van der Waals surface area contributed by atoms with E-state index in [0.717, 1.165) is 6.07 Å². The van der Waals surface area contributed by atoms with E-state index in [2.05, 4.69) is 4.98 Å². The Hall–Kier alpha value is -2.51. The van der Waals surface area contributed by atoms with Crippen LogP contribution in [0.5, 0.6) is 0 Å². The minimum absolute atomic E-state index is 0.294. The summed E-state index contributed by atoms with van der Waals surface area (Å²) < 4.78 is 12.8. The topological polar surface area (TPSA) is 114 Å². The predicted molar refractivity (Wildman–Crippen MR) is 56.9 cm³/mol. The van der Waals surface area contributed by atoms with Crippen molar-refractivity contribution < 1.29 is 23.9 Å². The number of nitrogens with zero attached hydrogens (tertiary/aromatic N) is 2. The largest absolute Gasteiger partial charge is 0.480 e. The van der Waals surface area contributed by atoms with Crippen molar-refractivity contribution in [2.75, 3.05) is 13.1 Å². The van der Waals surface area contributed by atoms with Gasteiger partial charge in [0.05, 0.1) is 0 Å². The highest BCUT2D eigenvalue weighted by Crippen LogP contribution is 2.03. The summed E-state index contributed by atoms with van der Waals surface area (Å²) >= 11 is 0. The van der Waals surface area contributed by atoms with Crippen molar-refractivity contribution >= 4 is 17.8 Å². The van der Waals surface area contributed by atoms with Crippen molar-refractivity contribution in [3.05, 3.63) is 29.8 Å². The Bertz CT molecular complexity index is 476. The highest BCUT2D eigenvalue weighted by Gasteiger charge is 2.21. The van der Waals surface area contributed by atoms with Gasteiger partial charge in [0.1, 0.15) is 18.8 Å². The maximum atomic E-state index is 12.8. The number of nitrogens with two attached hydrogens (primary N) is 1. The summed E-state index contributed by atoms with van der Waals surface area (Å²) in [7, 11) is 0. The second kappa shape index (κ2) is 5.71. The molecule has 0 saturated heterocycles. The number of hydrogen-bond acceptors (Lipinski definition) is 4. The lowest BCUT2D eigenvalue weighted by atomic mass is 10.3. The van der Waals surface area contributed by atoms with Crippen LogP contribution in [0, 0.1) is 5.95 Å². The molecule has 7 nitrogen and oxygen atoms in total. The molecule has 0 aliphatic heterocycles. The van der Waals surface area contributed by atoms with E-state index in [1.54, 1.807) is 0 Å². The molecule has 0 aromatic carbocycles. The lowest BCUT2D eigenvalue weighted by Gasteiger charge is -2.18. The number of halogens is 1. The van der Waals surface area contributed by atoms with Crippen molar-refractivity contribution in [1.29, 1.82) is 0 Å². The van der Waals surface area contributed by atoms with Gasteiger partial charge in [0, 0.05) is 0 Å². The number of aromatic nitrogens is 1. The molecule has 18 heavy (non-hydrogen) atoms. The van der Waals surface area contributed by atoms with E-state index in [0.29, 0.717) is 4.90 Å².